The van der Waals surface area contributed by atoms with Crippen LogP contribution < -0.4 is 5.43 Å². The number of aryl methyl sites for hydroxylation is 1. The SMILES string of the molecule is CCCc1cccc(/C=N\NC(=O)CN2CCN(Cc3ccc(C#N)cc3)CC2)c1O. The fourth-order valence-electron chi connectivity index (χ4n) is 3.65. The van der Waals surface area contributed by atoms with E-state index in [4.69, 9.17) is 5.26 Å². The third-order valence-corrected chi connectivity index (χ3v) is 5.38. The van der Waals surface area contributed by atoms with Gasteiger partial charge in [0.15, 0.2) is 0 Å². The van der Waals surface area contributed by atoms with Crippen molar-refractivity contribution < 1.29 is 9.90 Å². The minimum absolute atomic E-state index is 0.166. The predicted octanol–water partition coefficient (Wildman–Crippen LogP) is 2.48. The van der Waals surface area contributed by atoms with Crippen molar-refractivity contribution in [1.82, 2.24) is 15.2 Å². The number of para-hydroxylation sites is 1. The molecule has 1 amide bonds. The second kappa shape index (κ2) is 11.3. The van der Waals surface area contributed by atoms with Crippen LogP contribution in [0, 0.1) is 11.3 Å². The summed E-state index contributed by atoms with van der Waals surface area (Å²) in [6.45, 7) is 6.59. The molecule has 7 nitrogen and oxygen atoms in total. The molecule has 0 aromatic heterocycles. The van der Waals surface area contributed by atoms with Crippen LogP contribution in [0.4, 0.5) is 0 Å². The van der Waals surface area contributed by atoms with Crippen LogP contribution >= 0.6 is 0 Å². The largest absolute Gasteiger partial charge is 0.507 e. The molecule has 2 N–H and O–H groups in total. The van der Waals surface area contributed by atoms with Crippen LogP contribution in [0.3, 0.4) is 0 Å². The lowest BCUT2D eigenvalue weighted by molar-refractivity contribution is -0.122. The Kier molecular flexibility index (Phi) is 8.16. The number of piperazine rings is 1. The molecular weight excluding hydrogens is 390 g/mol. The maximum absolute atomic E-state index is 12.2. The number of amides is 1. The summed E-state index contributed by atoms with van der Waals surface area (Å²) in [5.41, 5.74) is 5.90. The summed E-state index contributed by atoms with van der Waals surface area (Å²) in [5, 5.41) is 23.2. The standard InChI is InChI=1S/C24H29N5O2/c1-2-4-21-5-3-6-22(24(21)31)16-26-27-23(30)18-29-13-11-28(12-14-29)17-20-9-7-19(15-25)8-10-20/h3,5-10,16,31H,2,4,11-14,17-18H2,1H3,(H,27,30)/b26-16-. The zero-order valence-corrected chi connectivity index (χ0v) is 17.9. The molecule has 0 unspecified atom stereocenters. The first-order chi connectivity index (χ1) is 15.1. The molecule has 1 aliphatic heterocycles. The van der Waals surface area contributed by atoms with Crippen molar-refractivity contribution in [3.05, 3.63) is 64.7 Å². The number of phenols is 1. The molecule has 31 heavy (non-hydrogen) atoms. The van der Waals surface area contributed by atoms with E-state index in [9.17, 15) is 9.90 Å². The van der Waals surface area contributed by atoms with E-state index < -0.39 is 0 Å². The van der Waals surface area contributed by atoms with Crippen LogP contribution in [0.25, 0.3) is 0 Å². The van der Waals surface area contributed by atoms with Crippen molar-refractivity contribution >= 4 is 12.1 Å². The summed E-state index contributed by atoms with van der Waals surface area (Å²) < 4.78 is 0. The van der Waals surface area contributed by atoms with Crippen LogP contribution in [0.5, 0.6) is 5.75 Å². The number of benzene rings is 2. The Morgan fingerprint density at radius 1 is 1.16 bits per heavy atom. The Morgan fingerprint density at radius 2 is 1.87 bits per heavy atom. The van der Waals surface area contributed by atoms with Gasteiger partial charge in [-0.3, -0.25) is 14.6 Å². The number of nitriles is 1. The van der Waals surface area contributed by atoms with E-state index in [0.29, 0.717) is 17.7 Å². The van der Waals surface area contributed by atoms with Crippen molar-refractivity contribution in [1.29, 1.82) is 5.26 Å². The van der Waals surface area contributed by atoms with Crippen molar-refractivity contribution in [3.8, 4) is 11.8 Å². The van der Waals surface area contributed by atoms with E-state index in [1.54, 1.807) is 6.07 Å². The van der Waals surface area contributed by atoms with Gasteiger partial charge in [-0.2, -0.15) is 10.4 Å². The van der Waals surface area contributed by atoms with Crippen LogP contribution in [-0.2, 0) is 17.8 Å². The van der Waals surface area contributed by atoms with Gasteiger partial charge < -0.3 is 5.11 Å². The summed E-state index contributed by atoms with van der Waals surface area (Å²) >= 11 is 0. The second-order valence-corrected chi connectivity index (χ2v) is 7.76. The van der Waals surface area contributed by atoms with Gasteiger partial charge in [-0.25, -0.2) is 5.43 Å². The first-order valence-corrected chi connectivity index (χ1v) is 10.7. The number of phenolic OH excluding ortho intramolecular Hbond substituents is 1. The van der Waals surface area contributed by atoms with Gasteiger partial charge in [-0.15, -0.1) is 0 Å². The lowest BCUT2D eigenvalue weighted by Gasteiger charge is -2.34. The topological polar surface area (TPSA) is 92.0 Å². The highest BCUT2D eigenvalue weighted by atomic mass is 16.3. The summed E-state index contributed by atoms with van der Waals surface area (Å²) in [6, 6.07) is 15.4. The van der Waals surface area contributed by atoms with Crippen molar-refractivity contribution in [3.63, 3.8) is 0 Å². The fourth-order valence-corrected chi connectivity index (χ4v) is 3.65. The quantitative estimate of drug-likeness (QED) is 0.507. The average Bonchev–Trinajstić information content (AvgIpc) is 2.78. The zero-order chi connectivity index (χ0) is 22.1. The summed E-state index contributed by atoms with van der Waals surface area (Å²) in [7, 11) is 0. The molecule has 162 valence electrons. The normalized spacial score (nSPS) is 15.1. The molecule has 2 aromatic carbocycles. The molecule has 1 aliphatic rings. The molecule has 0 radical (unpaired) electrons. The summed E-state index contributed by atoms with van der Waals surface area (Å²) in [6.07, 6.45) is 3.24. The van der Waals surface area contributed by atoms with E-state index in [2.05, 4.69) is 33.3 Å². The van der Waals surface area contributed by atoms with Gasteiger partial charge in [-0.1, -0.05) is 37.6 Å². The van der Waals surface area contributed by atoms with Crippen LogP contribution in [0.1, 0.15) is 35.6 Å². The Bertz CT molecular complexity index is 941. The number of carbonyl (C=O) groups excluding carboxylic acids is 1. The molecule has 2 aromatic rings. The van der Waals surface area contributed by atoms with Gasteiger partial charge in [0.25, 0.3) is 5.91 Å². The number of carbonyl (C=O) groups is 1. The van der Waals surface area contributed by atoms with E-state index in [-0.39, 0.29) is 11.7 Å². The molecule has 1 heterocycles. The molecule has 3 rings (SSSR count). The van der Waals surface area contributed by atoms with Crippen molar-refractivity contribution in [2.75, 3.05) is 32.7 Å². The Balaban J connectivity index is 1.41. The van der Waals surface area contributed by atoms with E-state index >= 15 is 0 Å². The Hall–Kier alpha value is -3.21. The smallest absolute Gasteiger partial charge is 0.254 e. The fraction of sp³-hybridized carbons (Fsp3) is 0.375. The zero-order valence-electron chi connectivity index (χ0n) is 17.9. The highest BCUT2D eigenvalue weighted by Gasteiger charge is 2.19. The number of nitrogens with zero attached hydrogens (tertiary/aromatic N) is 4. The highest BCUT2D eigenvalue weighted by molar-refractivity contribution is 5.86. The van der Waals surface area contributed by atoms with E-state index in [0.717, 1.165) is 51.1 Å². The average molecular weight is 420 g/mol. The van der Waals surface area contributed by atoms with Gasteiger partial charge in [0.05, 0.1) is 24.4 Å². The number of nitrogens with one attached hydrogen (secondary N) is 1. The minimum Gasteiger partial charge on any atom is -0.507 e. The number of rotatable bonds is 8. The minimum atomic E-state index is -0.166. The molecule has 0 aliphatic carbocycles. The third kappa shape index (κ3) is 6.64. The molecule has 0 bridgehead atoms. The second-order valence-electron chi connectivity index (χ2n) is 7.76. The van der Waals surface area contributed by atoms with E-state index in [1.807, 2.05) is 36.4 Å². The van der Waals surface area contributed by atoms with Gasteiger partial charge >= 0.3 is 0 Å². The molecule has 1 fully saturated rings. The number of aromatic hydroxyl groups is 1. The Labute approximate surface area is 183 Å². The van der Waals surface area contributed by atoms with Gasteiger partial charge in [0.2, 0.25) is 0 Å². The molecule has 0 saturated carbocycles. The third-order valence-electron chi connectivity index (χ3n) is 5.38. The van der Waals surface area contributed by atoms with Crippen LogP contribution in [0.15, 0.2) is 47.6 Å². The van der Waals surface area contributed by atoms with Crippen molar-refractivity contribution in [2.24, 2.45) is 5.10 Å². The maximum atomic E-state index is 12.2. The summed E-state index contributed by atoms with van der Waals surface area (Å²) in [5.74, 6) is 0.0572. The molecule has 1 saturated heterocycles. The number of hydrogen-bond acceptors (Lipinski definition) is 6. The monoisotopic (exact) mass is 419 g/mol. The van der Waals surface area contributed by atoms with Gasteiger partial charge in [-0.05, 0) is 35.7 Å². The molecule has 0 atom stereocenters. The maximum Gasteiger partial charge on any atom is 0.254 e. The van der Waals surface area contributed by atoms with Gasteiger partial charge in [0, 0.05) is 38.3 Å². The van der Waals surface area contributed by atoms with Crippen LogP contribution in [0.2, 0.25) is 0 Å². The number of hydrogen-bond donors (Lipinski definition) is 2. The number of hydrazone groups is 1. The predicted molar refractivity (Wildman–Crippen MR) is 121 cm³/mol. The Morgan fingerprint density at radius 3 is 2.55 bits per heavy atom. The molecule has 0 spiro atoms. The lowest BCUT2D eigenvalue weighted by Crippen LogP contribution is -2.48. The lowest BCUT2D eigenvalue weighted by atomic mass is 10.1. The summed E-state index contributed by atoms with van der Waals surface area (Å²) in [4.78, 5) is 16.7. The first-order valence-electron chi connectivity index (χ1n) is 10.7. The molecule has 7 heteroatoms. The van der Waals surface area contributed by atoms with Crippen LogP contribution in [-0.4, -0.2) is 59.8 Å². The highest BCUT2D eigenvalue weighted by Crippen LogP contribution is 2.22. The van der Waals surface area contributed by atoms with Gasteiger partial charge in [0.1, 0.15) is 5.75 Å². The molecular formula is C24H29N5O2. The van der Waals surface area contributed by atoms with E-state index in [1.165, 1.54) is 11.8 Å². The first kappa shape index (κ1) is 22.5. The van der Waals surface area contributed by atoms with Crippen molar-refractivity contribution in [2.45, 2.75) is 26.3 Å².